The second kappa shape index (κ2) is 6.82. The first kappa shape index (κ1) is 17.3. The molecule has 0 saturated carbocycles. The second-order valence-electron chi connectivity index (χ2n) is 7.22. The van der Waals surface area contributed by atoms with Crippen LogP contribution in [0, 0.1) is 0 Å². The monoisotopic (exact) mass is 293 g/mol. The Morgan fingerprint density at radius 3 is 2.32 bits per heavy atom. The van der Waals surface area contributed by atoms with Crippen LogP contribution in [0.5, 0.6) is 0 Å². The van der Waals surface area contributed by atoms with E-state index in [0.29, 0.717) is 6.61 Å². The molecule has 1 fully saturated rings. The van der Waals surface area contributed by atoms with Gasteiger partial charge in [-0.1, -0.05) is 0 Å². The molecule has 1 N–H and O–H groups in total. The summed E-state index contributed by atoms with van der Waals surface area (Å²) in [4.78, 5) is 0. The molecular formula is C14H32NO3P. The predicted molar refractivity (Wildman–Crippen MR) is 83.6 cm³/mol. The molecule has 1 aliphatic rings. The van der Waals surface area contributed by atoms with Gasteiger partial charge in [0.1, 0.15) is 0 Å². The van der Waals surface area contributed by atoms with Crippen LogP contribution >= 0.6 is 7.49 Å². The van der Waals surface area contributed by atoms with E-state index in [9.17, 15) is 0 Å². The summed E-state index contributed by atoms with van der Waals surface area (Å²) in [6.45, 7) is 13.5. The van der Waals surface area contributed by atoms with E-state index in [0.717, 1.165) is 12.8 Å². The first-order valence-corrected chi connectivity index (χ1v) is 10.7. The molecule has 0 spiro atoms. The van der Waals surface area contributed by atoms with Crippen molar-refractivity contribution in [3.05, 3.63) is 0 Å². The molecule has 5 heteroatoms. The Balaban J connectivity index is 2.61. The van der Waals surface area contributed by atoms with Crippen molar-refractivity contribution in [2.24, 2.45) is 0 Å². The topological polar surface area (TPSA) is 39.7 Å². The number of nitrogens with one attached hydrogen (secondary N) is 1. The van der Waals surface area contributed by atoms with Crippen LogP contribution in [-0.4, -0.2) is 57.7 Å². The fourth-order valence-corrected chi connectivity index (χ4v) is 2.81. The molecule has 3 atom stereocenters. The van der Waals surface area contributed by atoms with Gasteiger partial charge in [-0.05, 0) is 0 Å². The van der Waals surface area contributed by atoms with Gasteiger partial charge in [-0.3, -0.25) is 0 Å². The van der Waals surface area contributed by atoms with Crippen LogP contribution < -0.4 is 5.32 Å². The molecule has 0 aromatic carbocycles. The molecule has 0 amide bonds. The van der Waals surface area contributed by atoms with Crippen molar-refractivity contribution in [2.75, 3.05) is 33.6 Å². The Labute approximate surface area is 119 Å². The van der Waals surface area contributed by atoms with Crippen LogP contribution in [0.3, 0.4) is 0 Å². The Morgan fingerprint density at radius 1 is 1.21 bits per heavy atom. The first-order chi connectivity index (χ1) is 8.61. The van der Waals surface area contributed by atoms with Gasteiger partial charge in [-0.2, -0.15) is 0 Å². The standard InChI is InChI=1S/C14H32NO3P/c1-14(2,3)18-11-8-9-13(15-4)17-12(11)10-16-19(5,6)7/h11-13,15,19H,8-10H2,1-7H3. The summed E-state index contributed by atoms with van der Waals surface area (Å²) in [5.74, 6) is 0. The zero-order chi connectivity index (χ0) is 14.7. The number of hydrogen-bond acceptors (Lipinski definition) is 4. The number of rotatable bonds is 5. The summed E-state index contributed by atoms with van der Waals surface area (Å²) in [5, 5.41) is 3.19. The normalized spacial score (nSPS) is 30.4. The molecular weight excluding hydrogens is 261 g/mol. The molecule has 116 valence electrons. The average Bonchev–Trinajstić information content (AvgIpc) is 2.24. The van der Waals surface area contributed by atoms with Gasteiger partial charge in [0, 0.05) is 0 Å². The van der Waals surface area contributed by atoms with Gasteiger partial charge in [0.25, 0.3) is 0 Å². The van der Waals surface area contributed by atoms with E-state index < -0.39 is 7.49 Å². The summed E-state index contributed by atoms with van der Waals surface area (Å²) >= 11 is 0. The van der Waals surface area contributed by atoms with Crippen LogP contribution in [0.15, 0.2) is 0 Å². The third kappa shape index (κ3) is 7.01. The minimum atomic E-state index is -1.52. The van der Waals surface area contributed by atoms with Crippen molar-refractivity contribution in [1.82, 2.24) is 5.32 Å². The Hall–Kier alpha value is 0.270. The third-order valence-corrected chi connectivity index (χ3v) is 4.01. The molecule has 0 radical (unpaired) electrons. The van der Waals surface area contributed by atoms with Gasteiger partial charge in [-0.15, -0.1) is 0 Å². The Morgan fingerprint density at radius 2 is 1.84 bits per heavy atom. The number of ether oxygens (including phenoxy) is 2. The molecule has 1 aliphatic heterocycles. The van der Waals surface area contributed by atoms with Crippen molar-refractivity contribution < 1.29 is 14.0 Å². The van der Waals surface area contributed by atoms with Crippen LogP contribution in [0.2, 0.25) is 0 Å². The molecule has 0 aromatic heterocycles. The molecule has 0 aliphatic carbocycles. The maximum atomic E-state index is 6.13. The average molecular weight is 293 g/mol. The van der Waals surface area contributed by atoms with E-state index in [4.69, 9.17) is 14.0 Å². The Bertz CT molecular complexity index is 273. The SMILES string of the molecule is CNC1CCC(OC(C)(C)C)C(CO[PH](C)(C)C)O1. The summed E-state index contributed by atoms with van der Waals surface area (Å²) in [6.07, 6.45) is 2.27. The molecule has 1 rings (SSSR count). The van der Waals surface area contributed by atoms with E-state index in [1.54, 1.807) is 0 Å². The third-order valence-electron chi connectivity index (χ3n) is 2.97. The van der Waals surface area contributed by atoms with Crippen LogP contribution in [0.1, 0.15) is 33.6 Å². The van der Waals surface area contributed by atoms with Gasteiger partial charge in [0.15, 0.2) is 0 Å². The van der Waals surface area contributed by atoms with Crippen molar-refractivity contribution in [3.63, 3.8) is 0 Å². The molecule has 0 bridgehead atoms. The van der Waals surface area contributed by atoms with Crippen molar-refractivity contribution in [1.29, 1.82) is 0 Å². The van der Waals surface area contributed by atoms with Crippen molar-refractivity contribution in [2.45, 2.75) is 57.6 Å². The van der Waals surface area contributed by atoms with Crippen molar-refractivity contribution in [3.8, 4) is 0 Å². The fourth-order valence-electron chi connectivity index (χ4n) is 2.15. The molecule has 0 aromatic rings. The predicted octanol–water partition coefficient (Wildman–Crippen LogP) is 2.47. The second-order valence-corrected chi connectivity index (χ2v) is 11.7. The molecule has 4 nitrogen and oxygen atoms in total. The van der Waals surface area contributed by atoms with Gasteiger partial charge in [-0.25, -0.2) is 0 Å². The Kier molecular flexibility index (Phi) is 6.22. The van der Waals surface area contributed by atoms with Crippen LogP contribution in [0.4, 0.5) is 0 Å². The van der Waals surface area contributed by atoms with Crippen LogP contribution in [0.25, 0.3) is 0 Å². The quantitative estimate of drug-likeness (QED) is 0.791. The molecule has 1 heterocycles. The van der Waals surface area contributed by atoms with E-state index in [1.165, 1.54) is 0 Å². The van der Waals surface area contributed by atoms with Gasteiger partial charge in [0.2, 0.25) is 0 Å². The summed E-state index contributed by atoms with van der Waals surface area (Å²) < 4.78 is 18.2. The minimum absolute atomic E-state index is 0.0251. The summed E-state index contributed by atoms with van der Waals surface area (Å²) in [7, 11) is 0.419. The first-order valence-electron chi connectivity index (χ1n) is 7.25. The zero-order valence-electron chi connectivity index (χ0n) is 13.6. The van der Waals surface area contributed by atoms with Gasteiger partial charge < -0.3 is 0 Å². The molecule has 19 heavy (non-hydrogen) atoms. The molecule has 3 unspecified atom stereocenters. The van der Waals surface area contributed by atoms with E-state index in [-0.39, 0.29) is 24.0 Å². The van der Waals surface area contributed by atoms with E-state index in [1.807, 2.05) is 7.05 Å². The number of hydrogen-bond donors (Lipinski definition) is 1. The molecule has 1 saturated heterocycles. The van der Waals surface area contributed by atoms with Crippen molar-refractivity contribution >= 4 is 7.49 Å². The summed E-state index contributed by atoms with van der Waals surface area (Å²) in [6, 6.07) is 0. The summed E-state index contributed by atoms with van der Waals surface area (Å²) in [5.41, 5.74) is -0.141. The van der Waals surface area contributed by atoms with Gasteiger partial charge >= 0.3 is 118 Å². The van der Waals surface area contributed by atoms with Gasteiger partial charge in [0.05, 0.1) is 0 Å². The fraction of sp³-hybridized carbons (Fsp3) is 1.00. The van der Waals surface area contributed by atoms with E-state index >= 15 is 0 Å². The maximum absolute atomic E-state index is 6.13. The van der Waals surface area contributed by atoms with Crippen LogP contribution in [-0.2, 0) is 14.0 Å². The zero-order valence-corrected chi connectivity index (χ0v) is 14.6. The van der Waals surface area contributed by atoms with E-state index in [2.05, 4.69) is 46.1 Å².